The predicted molar refractivity (Wildman–Crippen MR) is 109 cm³/mol. The Morgan fingerprint density at radius 3 is 2.62 bits per heavy atom. The van der Waals surface area contributed by atoms with Gasteiger partial charge < -0.3 is 4.74 Å². The van der Waals surface area contributed by atoms with E-state index in [1.54, 1.807) is 12.1 Å². The minimum atomic E-state index is -0.895. The second kappa shape index (κ2) is 9.71. The zero-order valence-corrected chi connectivity index (χ0v) is 16.2. The fourth-order valence-electron chi connectivity index (χ4n) is 2.52. The number of hydrazone groups is 1. The average Bonchev–Trinajstić information content (AvgIpc) is 3.22. The maximum Gasteiger partial charge on any atom is 0.350 e. The quantitative estimate of drug-likeness (QED) is 0.183. The van der Waals surface area contributed by atoms with Gasteiger partial charge in [0, 0.05) is 6.07 Å². The van der Waals surface area contributed by atoms with Crippen molar-refractivity contribution in [2.45, 2.75) is 6.54 Å². The molecule has 3 rings (SSSR count). The number of benzene rings is 2. The number of para-hydroxylation sites is 1. The van der Waals surface area contributed by atoms with E-state index in [0.717, 1.165) is 17.1 Å². The van der Waals surface area contributed by atoms with E-state index in [-0.39, 0.29) is 29.2 Å². The summed E-state index contributed by atoms with van der Waals surface area (Å²) < 4.78 is 6.29. The molecule has 3 aromatic rings. The van der Waals surface area contributed by atoms with Crippen LogP contribution < -0.4 is 10.2 Å². The molecular weight excluding hydrogens is 424 g/mol. The maximum atomic E-state index is 12.3. The number of amides is 1. The van der Waals surface area contributed by atoms with Crippen LogP contribution in [0.5, 0.6) is 5.75 Å². The molecule has 0 saturated heterocycles. The second-order valence-electron chi connectivity index (χ2n) is 6.18. The lowest BCUT2D eigenvalue weighted by Crippen LogP contribution is -2.23. The molecular formula is C19H14N6O7. The molecule has 0 saturated carbocycles. The highest BCUT2D eigenvalue weighted by Gasteiger charge is 2.21. The van der Waals surface area contributed by atoms with Crippen LogP contribution in [0.25, 0.3) is 0 Å². The molecule has 0 aliphatic heterocycles. The maximum absolute atomic E-state index is 12.3. The first kappa shape index (κ1) is 21.8. The first-order valence-electron chi connectivity index (χ1n) is 8.88. The Morgan fingerprint density at radius 1 is 1.12 bits per heavy atom. The Morgan fingerprint density at radius 2 is 1.91 bits per heavy atom. The lowest BCUT2D eigenvalue weighted by atomic mass is 10.2. The van der Waals surface area contributed by atoms with Crippen molar-refractivity contribution >= 4 is 29.5 Å². The predicted octanol–water partition coefficient (Wildman–Crippen LogP) is 2.07. The third-order valence-corrected chi connectivity index (χ3v) is 3.93. The van der Waals surface area contributed by atoms with E-state index < -0.39 is 21.7 Å². The molecule has 1 N–H and O–H groups in total. The van der Waals surface area contributed by atoms with Crippen LogP contribution in [-0.2, 0) is 11.3 Å². The number of nitro benzene ring substituents is 1. The van der Waals surface area contributed by atoms with Gasteiger partial charge in [-0.15, -0.1) is 0 Å². The molecule has 0 spiro atoms. The molecule has 1 aromatic heterocycles. The van der Waals surface area contributed by atoms with Gasteiger partial charge in [-0.05, 0) is 23.8 Å². The summed E-state index contributed by atoms with van der Waals surface area (Å²) in [7, 11) is 0. The molecule has 13 heteroatoms. The lowest BCUT2D eigenvalue weighted by Gasteiger charge is -2.05. The van der Waals surface area contributed by atoms with Crippen molar-refractivity contribution in [3.63, 3.8) is 0 Å². The highest BCUT2D eigenvalue weighted by Crippen LogP contribution is 2.21. The summed E-state index contributed by atoms with van der Waals surface area (Å²) in [5.74, 6) is -1.35. The molecule has 1 heterocycles. The number of ether oxygens (including phenoxy) is 1. The number of carbonyl (C=O) groups excluding carboxylic acids is 2. The average molecular weight is 438 g/mol. The number of nitro groups is 2. The van der Waals surface area contributed by atoms with Crippen LogP contribution in [0.15, 0.2) is 66.0 Å². The van der Waals surface area contributed by atoms with Gasteiger partial charge in [-0.25, -0.2) is 10.2 Å². The van der Waals surface area contributed by atoms with E-state index in [2.05, 4.69) is 15.6 Å². The molecule has 0 radical (unpaired) electrons. The van der Waals surface area contributed by atoms with E-state index >= 15 is 0 Å². The van der Waals surface area contributed by atoms with Crippen molar-refractivity contribution in [3.05, 3.63) is 92.3 Å². The highest BCUT2D eigenvalue weighted by molar-refractivity contribution is 5.95. The first-order chi connectivity index (χ1) is 15.3. The lowest BCUT2D eigenvalue weighted by molar-refractivity contribution is -0.385. The minimum absolute atomic E-state index is 0.118. The van der Waals surface area contributed by atoms with Gasteiger partial charge in [0.25, 0.3) is 11.6 Å². The Kier molecular flexibility index (Phi) is 6.60. The molecule has 2 aromatic carbocycles. The molecule has 0 atom stereocenters. The van der Waals surface area contributed by atoms with Crippen LogP contribution >= 0.6 is 0 Å². The van der Waals surface area contributed by atoms with Crippen LogP contribution in [-0.4, -0.2) is 37.7 Å². The summed E-state index contributed by atoms with van der Waals surface area (Å²) in [4.78, 5) is 44.5. The van der Waals surface area contributed by atoms with Gasteiger partial charge in [-0.1, -0.05) is 24.3 Å². The monoisotopic (exact) mass is 438 g/mol. The summed E-state index contributed by atoms with van der Waals surface area (Å²) in [5, 5.41) is 29.1. The zero-order valence-electron chi connectivity index (χ0n) is 16.2. The highest BCUT2D eigenvalue weighted by atomic mass is 16.6. The molecule has 0 aliphatic rings. The standard InChI is InChI=1S/C19H14N6O7/c26-18(12-23-11-14(10-21-23)24(28)29)22-20-9-13-4-3-5-15(8-13)32-19(27)16-6-1-2-7-17(16)25(30)31/h1-11H,12H2,(H,22,26)/b20-9+. The smallest absolute Gasteiger partial charge is 0.350 e. The number of hydrogen-bond donors (Lipinski definition) is 1. The second-order valence-corrected chi connectivity index (χ2v) is 6.18. The number of nitrogens with zero attached hydrogens (tertiary/aromatic N) is 5. The number of hydrogen-bond acceptors (Lipinski definition) is 9. The van der Waals surface area contributed by atoms with Crippen molar-refractivity contribution in [2.75, 3.05) is 0 Å². The Hall–Kier alpha value is -4.94. The normalized spacial score (nSPS) is 10.6. The van der Waals surface area contributed by atoms with Gasteiger partial charge in [0.1, 0.15) is 30.3 Å². The first-order valence-corrected chi connectivity index (χ1v) is 8.88. The molecule has 162 valence electrons. The number of nitrogens with one attached hydrogen (secondary N) is 1. The van der Waals surface area contributed by atoms with E-state index in [0.29, 0.717) is 5.56 Å². The van der Waals surface area contributed by atoms with Crippen molar-refractivity contribution in [2.24, 2.45) is 5.10 Å². The largest absolute Gasteiger partial charge is 0.423 e. The molecule has 13 nitrogen and oxygen atoms in total. The van der Waals surface area contributed by atoms with Gasteiger partial charge in [0.15, 0.2) is 0 Å². The number of esters is 1. The van der Waals surface area contributed by atoms with Gasteiger partial charge >= 0.3 is 11.7 Å². The molecule has 0 fully saturated rings. The minimum Gasteiger partial charge on any atom is -0.423 e. The Labute approximate surface area is 179 Å². The van der Waals surface area contributed by atoms with Crippen LogP contribution in [0.1, 0.15) is 15.9 Å². The van der Waals surface area contributed by atoms with Crippen molar-refractivity contribution in [3.8, 4) is 5.75 Å². The number of aromatic nitrogens is 2. The van der Waals surface area contributed by atoms with Crippen molar-refractivity contribution in [1.82, 2.24) is 15.2 Å². The molecule has 0 unspecified atom stereocenters. The third kappa shape index (κ3) is 5.56. The summed E-state index contributed by atoms with van der Waals surface area (Å²) in [6.45, 7) is -0.279. The van der Waals surface area contributed by atoms with E-state index in [4.69, 9.17) is 4.74 Å². The van der Waals surface area contributed by atoms with E-state index in [9.17, 15) is 29.8 Å². The van der Waals surface area contributed by atoms with Gasteiger partial charge in [-0.2, -0.15) is 10.2 Å². The van der Waals surface area contributed by atoms with Crippen LogP contribution in [0.4, 0.5) is 11.4 Å². The summed E-state index contributed by atoms with van der Waals surface area (Å²) in [6, 6.07) is 11.5. The molecule has 0 aliphatic carbocycles. The van der Waals surface area contributed by atoms with Gasteiger partial charge in [-0.3, -0.25) is 29.7 Å². The molecule has 1 amide bonds. The fraction of sp³-hybridized carbons (Fsp3) is 0.0526. The van der Waals surface area contributed by atoms with Crippen molar-refractivity contribution < 1.29 is 24.2 Å². The molecule has 32 heavy (non-hydrogen) atoms. The zero-order chi connectivity index (χ0) is 23.1. The van der Waals surface area contributed by atoms with Gasteiger partial charge in [0.2, 0.25) is 0 Å². The Balaban J connectivity index is 1.60. The van der Waals surface area contributed by atoms with Crippen LogP contribution in [0, 0.1) is 20.2 Å². The van der Waals surface area contributed by atoms with E-state index in [1.165, 1.54) is 42.6 Å². The number of rotatable bonds is 8. The third-order valence-electron chi connectivity index (χ3n) is 3.93. The summed E-state index contributed by atoms with van der Waals surface area (Å²) in [5.41, 5.74) is 1.90. The fourth-order valence-corrected chi connectivity index (χ4v) is 2.52. The SMILES string of the molecule is O=C(Cn1cc([N+](=O)[O-])cn1)N/N=C/c1cccc(OC(=O)c2ccccc2[N+](=O)[O-])c1. The topological polar surface area (TPSA) is 172 Å². The van der Waals surface area contributed by atoms with Crippen LogP contribution in [0.3, 0.4) is 0 Å². The van der Waals surface area contributed by atoms with Crippen molar-refractivity contribution in [1.29, 1.82) is 0 Å². The molecule has 0 bridgehead atoms. The Bertz CT molecular complexity index is 1220. The van der Waals surface area contributed by atoms with E-state index in [1.807, 2.05) is 0 Å². The number of carbonyl (C=O) groups is 2. The summed E-state index contributed by atoms with van der Waals surface area (Å²) >= 11 is 0. The van der Waals surface area contributed by atoms with Gasteiger partial charge in [0.05, 0.1) is 16.1 Å². The van der Waals surface area contributed by atoms with Crippen LogP contribution in [0.2, 0.25) is 0 Å². The summed E-state index contributed by atoms with van der Waals surface area (Å²) in [6.07, 6.45) is 3.41.